The average Bonchev–Trinajstić information content (AvgIpc) is 2.15. The Morgan fingerprint density at radius 2 is 1.69 bits per heavy atom. The van der Waals surface area contributed by atoms with E-state index in [1.54, 1.807) is 24.3 Å². The van der Waals surface area contributed by atoms with E-state index in [1.165, 1.54) is 0 Å². The second kappa shape index (κ2) is 4.84. The van der Waals surface area contributed by atoms with Crippen molar-refractivity contribution in [3.63, 3.8) is 0 Å². The van der Waals surface area contributed by atoms with Crippen molar-refractivity contribution in [2.45, 2.75) is 27.7 Å². The Morgan fingerprint density at radius 1 is 1.19 bits per heavy atom. The molecule has 0 spiro atoms. The number of carbonyl (C=O) groups is 1. The van der Waals surface area contributed by atoms with Gasteiger partial charge in [0.25, 0.3) is 0 Å². The van der Waals surface area contributed by atoms with E-state index < -0.39 is 0 Å². The lowest BCUT2D eigenvalue weighted by atomic mass is 9.91. The van der Waals surface area contributed by atoms with Crippen LogP contribution < -0.4 is 0 Å². The lowest BCUT2D eigenvalue weighted by Gasteiger charge is -2.13. The average molecular weight is 237 g/mol. The third kappa shape index (κ3) is 3.82. The van der Waals surface area contributed by atoms with Crippen LogP contribution in [0.4, 0.5) is 0 Å². The van der Waals surface area contributed by atoms with Gasteiger partial charge in [-0.3, -0.25) is 4.79 Å². The first-order valence-electron chi connectivity index (χ1n) is 5.29. The zero-order valence-electron chi connectivity index (χ0n) is 10.2. The second-order valence-corrected chi connectivity index (χ2v) is 5.47. The van der Waals surface area contributed by atoms with Gasteiger partial charge in [0.05, 0.1) is 0 Å². The Hall–Kier alpha value is -1.08. The highest BCUT2D eigenvalue weighted by molar-refractivity contribution is 6.30. The van der Waals surface area contributed by atoms with Gasteiger partial charge in [-0.15, -0.1) is 0 Å². The summed E-state index contributed by atoms with van der Waals surface area (Å²) >= 11 is 5.78. The zero-order valence-corrected chi connectivity index (χ0v) is 10.9. The van der Waals surface area contributed by atoms with E-state index in [0.29, 0.717) is 10.6 Å². The van der Waals surface area contributed by atoms with Crippen molar-refractivity contribution in [2.24, 2.45) is 5.41 Å². The van der Waals surface area contributed by atoms with Gasteiger partial charge in [-0.2, -0.15) is 0 Å². The Morgan fingerprint density at radius 3 is 2.12 bits per heavy atom. The predicted molar refractivity (Wildman–Crippen MR) is 69.0 cm³/mol. The van der Waals surface area contributed by atoms with E-state index in [1.807, 2.05) is 13.0 Å². The molecular weight excluding hydrogens is 220 g/mol. The Labute approximate surface area is 102 Å². The first-order valence-corrected chi connectivity index (χ1v) is 5.67. The molecule has 0 radical (unpaired) electrons. The summed E-state index contributed by atoms with van der Waals surface area (Å²) in [4.78, 5) is 12.0. The number of benzene rings is 1. The minimum atomic E-state index is 0.0200. The molecule has 1 aromatic rings. The molecule has 0 atom stereocenters. The Balaban J connectivity index is 2.95. The molecule has 0 fully saturated rings. The first-order chi connectivity index (χ1) is 7.29. The van der Waals surface area contributed by atoms with Crippen molar-refractivity contribution >= 4 is 17.4 Å². The maximum absolute atomic E-state index is 12.0. The van der Waals surface area contributed by atoms with Crippen LogP contribution in [0.3, 0.4) is 0 Å². The summed E-state index contributed by atoms with van der Waals surface area (Å²) in [5.41, 5.74) is 1.48. The third-order valence-electron chi connectivity index (χ3n) is 2.11. The van der Waals surface area contributed by atoms with Crippen LogP contribution in [0.25, 0.3) is 0 Å². The van der Waals surface area contributed by atoms with Crippen LogP contribution in [0.2, 0.25) is 5.02 Å². The number of ketones is 1. The third-order valence-corrected chi connectivity index (χ3v) is 2.37. The molecule has 0 heterocycles. The SMILES string of the molecule is CC(=CC(C)(C)C)C(=O)c1ccc(Cl)cc1. The normalized spacial score (nSPS) is 12.7. The maximum atomic E-state index is 12.0. The molecule has 0 saturated heterocycles. The predicted octanol–water partition coefficient (Wildman–Crippen LogP) is 4.52. The van der Waals surface area contributed by atoms with Crippen molar-refractivity contribution in [2.75, 3.05) is 0 Å². The van der Waals surface area contributed by atoms with E-state index in [2.05, 4.69) is 20.8 Å². The number of halogens is 1. The number of hydrogen-bond acceptors (Lipinski definition) is 1. The highest BCUT2D eigenvalue weighted by atomic mass is 35.5. The number of rotatable bonds is 2. The van der Waals surface area contributed by atoms with Gasteiger partial charge in [-0.05, 0) is 42.2 Å². The minimum Gasteiger partial charge on any atom is -0.289 e. The lowest BCUT2D eigenvalue weighted by molar-refractivity contribution is 0.103. The van der Waals surface area contributed by atoms with Gasteiger partial charge in [-0.1, -0.05) is 38.4 Å². The quantitative estimate of drug-likeness (QED) is 0.545. The van der Waals surface area contributed by atoms with Crippen molar-refractivity contribution in [3.8, 4) is 0 Å². The summed E-state index contributed by atoms with van der Waals surface area (Å²) in [5, 5.41) is 0.647. The van der Waals surface area contributed by atoms with E-state index >= 15 is 0 Å². The topological polar surface area (TPSA) is 17.1 Å². The van der Waals surface area contributed by atoms with Gasteiger partial charge in [0.15, 0.2) is 5.78 Å². The molecule has 0 aliphatic heterocycles. The van der Waals surface area contributed by atoms with Gasteiger partial charge >= 0.3 is 0 Å². The fourth-order valence-corrected chi connectivity index (χ4v) is 1.67. The van der Waals surface area contributed by atoms with Gasteiger partial charge in [0.1, 0.15) is 0 Å². The molecule has 0 unspecified atom stereocenters. The molecule has 16 heavy (non-hydrogen) atoms. The summed E-state index contributed by atoms with van der Waals surface area (Å²) in [6.45, 7) is 8.07. The number of allylic oxidation sites excluding steroid dienone is 2. The van der Waals surface area contributed by atoms with E-state index in [-0.39, 0.29) is 11.2 Å². The molecule has 0 bridgehead atoms. The van der Waals surface area contributed by atoms with Crippen LogP contribution in [0.15, 0.2) is 35.9 Å². The molecule has 1 rings (SSSR count). The summed E-state index contributed by atoms with van der Waals surface area (Å²) in [7, 11) is 0. The van der Waals surface area contributed by atoms with E-state index in [4.69, 9.17) is 11.6 Å². The molecular formula is C14H17ClO. The smallest absolute Gasteiger partial charge is 0.188 e. The molecule has 1 aromatic carbocycles. The van der Waals surface area contributed by atoms with Crippen LogP contribution in [0, 0.1) is 5.41 Å². The van der Waals surface area contributed by atoms with Gasteiger partial charge < -0.3 is 0 Å². The first kappa shape index (κ1) is 13.0. The molecule has 0 saturated carbocycles. The van der Waals surface area contributed by atoms with Crippen LogP contribution in [0.5, 0.6) is 0 Å². The van der Waals surface area contributed by atoms with Crippen LogP contribution in [-0.2, 0) is 0 Å². The highest BCUT2D eigenvalue weighted by Crippen LogP contribution is 2.20. The molecule has 1 nitrogen and oxygen atoms in total. The van der Waals surface area contributed by atoms with E-state index in [0.717, 1.165) is 5.57 Å². The standard InChI is InChI=1S/C14H17ClO/c1-10(9-14(2,3)4)13(16)11-5-7-12(15)8-6-11/h5-9H,1-4H3. The monoisotopic (exact) mass is 236 g/mol. The second-order valence-electron chi connectivity index (χ2n) is 5.03. The summed E-state index contributed by atoms with van der Waals surface area (Å²) < 4.78 is 0. The highest BCUT2D eigenvalue weighted by Gasteiger charge is 2.12. The summed E-state index contributed by atoms with van der Waals surface area (Å²) in [6.07, 6.45) is 1.99. The maximum Gasteiger partial charge on any atom is 0.188 e. The number of hydrogen-bond donors (Lipinski definition) is 0. The zero-order chi connectivity index (χ0) is 12.3. The van der Waals surface area contributed by atoms with Crippen LogP contribution in [0.1, 0.15) is 38.1 Å². The largest absolute Gasteiger partial charge is 0.289 e. The van der Waals surface area contributed by atoms with Gasteiger partial charge in [0.2, 0.25) is 0 Å². The number of Topliss-reactive ketones (excluding diaryl/α,β-unsaturated/α-hetero) is 1. The van der Waals surface area contributed by atoms with E-state index in [9.17, 15) is 4.79 Å². The number of carbonyl (C=O) groups excluding carboxylic acids is 1. The summed E-state index contributed by atoms with van der Waals surface area (Å²) in [5.74, 6) is 0.0617. The molecule has 0 N–H and O–H groups in total. The molecule has 0 aromatic heterocycles. The molecule has 0 amide bonds. The molecule has 2 heteroatoms. The Bertz CT molecular complexity index is 407. The summed E-state index contributed by atoms with van der Waals surface area (Å²) in [6, 6.07) is 6.98. The van der Waals surface area contributed by atoms with Crippen molar-refractivity contribution in [3.05, 3.63) is 46.5 Å². The molecule has 0 aliphatic carbocycles. The van der Waals surface area contributed by atoms with Gasteiger partial charge in [-0.25, -0.2) is 0 Å². The van der Waals surface area contributed by atoms with Crippen molar-refractivity contribution in [1.29, 1.82) is 0 Å². The Kier molecular flexibility index (Phi) is 3.93. The molecule has 86 valence electrons. The van der Waals surface area contributed by atoms with Crippen molar-refractivity contribution < 1.29 is 4.79 Å². The fraction of sp³-hybridized carbons (Fsp3) is 0.357. The van der Waals surface area contributed by atoms with Crippen LogP contribution in [-0.4, -0.2) is 5.78 Å². The van der Waals surface area contributed by atoms with Crippen molar-refractivity contribution in [1.82, 2.24) is 0 Å². The molecule has 0 aliphatic rings. The fourth-order valence-electron chi connectivity index (χ4n) is 1.54. The lowest BCUT2D eigenvalue weighted by Crippen LogP contribution is -2.06. The van der Waals surface area contributed by atoms with Crippen LogP contribution >= 0.6 is 11.6 Å². The minimum absolute atomic E-state index is 0.0200. The van der Waals surface area contributed by atoms with Gasteiger partial charge in [0, 0.05) is 10.6 Å².